The van der Waals surface area contributed by atoms with Crippen LogP contribution in [0.2, 0.25) is 10.0 Å². The average Bonchev–Trinajstić information content (AvgIpc) is 3.16. The number of nitrogens with zero attached hydrogens (tertiary/aromatic N) is 3. The predicted octanol–water partition coefficient (Wildman–Crippen LogP) is 6.16. The normalized spacial score (nSPS) is 15.6. The van der Waals surface area contributed by atoms with Gasteiger partial charge in [0, 0.05) is 50.0 Å². The Morgan fingerprint density at radius 2 is 1.77 bits per heavy atom. The van der Waals surface area contributed by atoms with Crippen LogP contribution in [-0.4, -0.2) is 45.5 Å². The molecule has 1 fully saturated rings. The minimum atomic E-state index is -0.0183. The number of allylic oxidation sites excluding steroid dienone is 2. The van der Waals surface area contributed by atoms with Crippen LogP contribution in [0, 0.1) is 0 Å². The van der Waals surface area contributed by atoms with Gasteiger partial charge in [-0.15, -0.1) is 0 Å². The van der Waals surface area contributed by atoms with E-state index in [1.807, 2.05) is 61.7 Å². The molecule has 0 radical (unpaired) electrons. The number of carbonyl (C=O) groups excluding carboxylic acids is 1. The molecule has 3 aromatic rings. The van der Waals surface area contributed by atoms with Crippen molar-refractivity contribution in [2.75, 3.05) is 25.0 Å². The number of anilines is 1. The SMILES string of the molecule is C/C=C(\C)n1c(=O)n(CCN2CCC(Nc3ccc(Cl)c(Cl)c3C(=O)CC)CC2)c2ccccc21. The highest BCUT2D eigenvalue weighted by molar-refractivity contribution is 6.44. The van der Waals surface area contributed by atoms with E-state index in [4.69, 9.17) is 23.2 Å². The highest BCUT2D eigenvalue weighted by atomic mass is 35.5. The number of piperidine rings is 1. The molecule has 0 amide bonds. The molecule has 186 valence electrons. The fourth-order valence-corrected chi connectivity index (χ4v) is 5.20. The van der Waals surface area contributed by atoms with Crippen LogP contribution >= 0.6 is 23.2 Å². The number of hydrogen-bond acceptors (Lipinski definition) is 4. The number of halogens is 2. The number of rotatable bonds is 8. The molecular formula is C27H32Cl2N4O2. The maximum atomic E-state index is 13.2. The van der Waals surface area contributed by atoms with Crippen molar-refractivity contribution >= 4 is 51.4 Å². The van der Waals surface area contributed by atoms with Crippen LogP contribution in [0.4, 0.5) is 5.69 Å². The van der Waals surface area contributed by atoms with Crippen LogP contribution in [0.5, 0.6) is 0 Å². The first-order valence-corrected chi connectivity index (χ1v) is 12.9. The molecule has 2 heterocycles. The number of hydrogen-bond donors (Lipinski definition) is 1. The molecule has 1 aliphatic rings. The van der Waals surface area contributed by atoms with Crippen LogP contribution < -0.4 is 11.0 Å². The van der Waals surface area contributed by atoms with Gasteiger partial charge in [-0.3, -0.25) is 13.9 Å². The molecule has 0 aliphatic carbocycles. The molecule has 6 nitrogen and oxygen atoms in total. The lowest BCUT2D eigenvalue weighted by Crippen LogP contribution is -2.41. The van der Waals surface area contributed by atoms with E-state index in [1.165, 1.54) is 0 Å². The Balaban J connectivity index is 1.42. The third-order valence-electron chi connectivity index (χ3n) is 6.89. The Morgan fingerprint density at radius 3 is 2.43 bits per heavy atom. The van der Waals surface area contributed by atoms with Crippen LogP contribution in [0.15, 0.2) is 47.3 Å². The second-order valence-electron chi connectivity index (χ2n) is 9.01. The van der Waals surface area contributed by atoms with Gasteiger partial charge in [-0.1, -0.05) is 48.3 Å². The number of imidazole rings is 1. The fraction of sp³-hybridized carbons (Fsp3) is 0.407. The summed E-state index contributed by atoms with van der Waals surface area (Å²) in [5.74, 6) is -0.0183. The van der Waals surface area contributed by atoms with Gasteiger partial charge in [0.1, 0.15) is 0 Å². The highest BCUT2D eigenvalue weighted by Crippen LogP contribution is 2.33. The van der Waals surface area contributed by atoms with Gasteiger partial charge in [-0.05, 0) is 51.0 Å². The first kappa shape index (κ1) is 25.5. The summed E-state index contributed by atoms with van der Waals surface area (Å²) in [6.07, 6.45) is 4.21. The summed E-state index contributed by atoms with van der Waals surface area (Å²) in [6.45, 7) is 9.01. The molecule has 1 saturated heterocycles. The van der Waals surface area contributed by atoms with E-state index >= 15 is 0 Å². The molecular weight excluding hydrogens is 483 g/mol. The number of nitrogens with one attached hydrogen (secondary N) is 1. The number of benzene rings is 2. The quantitative estimate of drug-likeness (QED) is 0.365. The van der Waals surface area contributed by atoms with Crippen molar-refractivity contribution in [3.05, 3.63) is 68.6 Å². The molecule has 35 heavy (non-hydrogen) atoms. The Labute approximate surface area is 216 Å². The van der Waals surface area contributed by atoms with Crippen LogP contribution in [0.25, 0.3) is 16.7 Å². The molecule has 1 aliphatic heterocycles. The Kier molecular flexibility index (Phi) is 8.05. The van der Waals surface area contributed by atoms with E-state index in [0.717, 1.165) is 54.9 Å². The predicted molar refractivity (Wildman–Crippen MR) is 146 cm³/mol. The van der Waals surface area contributed by atoms with Gasteiger partial charge in [-0.2, -0.15) is 0 Å². The molecule has 4 rings (SSSR count). The van der Waals surface area contributed by atoms with Gasteiger partial charge in [0.15, 0.2) is 5.78 Å². The Morgan fingerprint density at radius 1 is 1.09 bits per heavy atom. The van der Waals surface area contributed by atoms with Crippen molar-refractivity contribution in [3.63, 3.8) is 0 Å². The van der Waals surface area contributed by atoms with Gasteiger partial charge in [0.25, 0.3) is 0 Å². The number of para-hydroxylation sites is 2. The summed E-state index contributed by atoms with van der Waals surface area (Å²) < 4.78 is 3.67. The van der Waals surface area contributed by atoms with Gasteiger partial charge in [0.05, 0.1) is 26.6 Å². The molecule has 2 aromatic carbocycles. The van der Waals surface area contributed by atoms with E-state index in [-0.39, 0.29) is 17.5 Å². The Bertz CT molecular complexity index is 1320. The Hall–Kier alpha value is -2.54. The number of Topliss-reactive ketones (excluding diaryl/α,β-unsaturated/α-hetero) is 1. The van der Waals surface area contributed by atoms with Crippen molar-refractivity contribution in [3.8, 4) is 0 Å². The lowest BCUT2D eigenvalue weighted by molar-refractivity contribution is 0.0989. The molecule has 1 N–H and O–H groups in total. The summed E-state index contributed by atoms with van der Waals surface area (Å²) in [5, 5.41) is 4.24. The number of carbonyl (C=O) groups is 1. The third-order valence-corrected chi connectivity index (χ3v) is 7.69. The van der Waals surface area contributed by atoms with E-state index in [1.54, 1.807) is 10.6 Å². The lowest BCUT2D eigenvalue weighted by atomic mass is 10.0. The molecule has 0 bridgehead atoms. The minimum absolute atomic E-state index is 0.00564. The molecule has 0 unspecified atom stereocenters. The zero-order chi connectivity index (χ0) is 25.1. The van der Waals surface area contributed by atoms with E-state index < -0.39 is 0 Å². The first-order valence-electron chi connectivity index (χ1n) is 12.2. The van der Waals surface area contributed by atoms with Gasteiger partial charge in [0.2, 0.25) is 0 Å². The molecule has 1 aromatic heterocycles. The number of ketones is 1. The number of fused-ring (bicyclic) bond motifs is 1. The number of likely N-dealkylation sites (tertiary alicyclic amines) is 1. The first-order chi connectivity index (χ1) is 16.8. The standard InChI is InChI=1S/C27H32Cl2N4O2/c1-4-18(3)33-23-9-7-6-8-22(23)32(27(33)35)17-16-31-14-12-19(13-15-31)30-21-11-10-20(28)26(29)25(21)24(34)5-2/h4,6-11,19,30H,5,12-17H2,1-3H3/b18-4+. The van der Waals surface area contributed by atoms with Crippen molar-refractivity contribution in [1.82, 2.24) is 14.0 Å². The second kappa shape index (κ2) is 11.0. The second-order valence-corrected chi connectivity index (χ2v) is 9.79. The van der Waals surface area contributed by atoms with Crippen molar-refractivity contribution in [2.45, 2.75) is 52.6 Å². The van der Waals surface area contributed by atoms with Crippen LogP contribution in [0.3, 0.4) is 0 Å². The van der Waals surface area contributed by atoms with Crippen molar-refractivity contribution < 1.29 is 4.79 Å². The molecule has 8 heteroatoms. The summed E-state index contributed by atoms with van der Waals surface area (Å²) in [4.78, 5) is 28.1. The van der Waals surface area contributed by atoms with E-state index in [0.29, 0.717) is 28.6 Å². The van der Waals surface area contributed by atoms with Gasteiger partial charge < -0.3 is 10.2 Å². The topological polar surface area (TPSA) is 59.3 Å². The zero-order valence-corrected chi connectivity index (χ0v) is 22.0. The van der Waals surface area contributed by atoms with Crippen molar-refractivity contribution in [2.24, 2.45) is 0 Å². The molecule has 0 spiro atoms. The summed E-state index contributed by atoms with van der Waals surface area (Å²) >= 11 is 12.5. The van der Waals surface area contributed by atoms with Crippen molar-refractivity contribution in [1.29, 1.82) is 0 Å². The minimum Gasteiger partial charge on any atom is -0.382 e. The van der Waals surface area contributed by atoms with Gasteiger partial charge in [-0.25, -0.2) is 4.79 Å². The monoisotopic (exact) mass is 514 g/mol. The lowest BCUT2D eigenvalue weighted by Gasteiger charge is -2.33. The zero-order valence-electron chi connectivity index (χ0n) is 20.5. The van der Waals surface area contributed by atoms with Gasteiger partial charge >= 0.3 is 5.69 Å². The third kappa shape index (κ3) is 5.20. The number of aromatic nitrogens is 2. The van der Waals surface area contributed by atoms with E-state index in [9.17, 15) is 9.59 Å². The van der Waals surface area contributed by atoms with E-state index in [2.05, 4.69) is 10.2 Å². The average molecular weight is 515 g/mol. The summed E-state index contributed by atoms with van der Waals surface area (Å²) in [7, 11) is 0. The van der Waals surface area contributed by atoms with Crippen LogP contribution in [0.1, 0.15) is 50.4 Å². The summed E-state index contributed by atoms with van der Waals surface area (Å²) in [5.41, 5.74) is 4.07. The smallest absolute Gasteiger partial charge is 0.333 e. The largest absolute Gasteiger partial charge is 0.382 e. The highest BCUT2D eigenvalue weighted by Gasteiger charge is 2.23. The van der Waals surface area contributed by atoms with Crippen LogP contribution in [-0.2, 0) is 6.54 Å². The maximum absolute atomic E-state index is 13.2. The molecule has 0 atom stereocenters. The summed E-state index contributed by atoms with van der Waals surface area (Å²) in [6, 6.07) is 11.8. The molecule has 0 saturated carbocycles. The fourth-order valence-electron chi connectivity index (χ4n) is 4.78. The maximum Gasteiger partial charge on any atom is 0.333 e.